The topological polar surface area (TPSA) is 76.0 Å². The highest BCUT2D eigenvalue weighted by Gasteiger charge is 2.30. The number of rotatable bonds is 6. The van der Waals surface area contributed by atoms with Crippen LogP contribution in [0.2, 0.25) is 0 Å². The molecule has 0 saturated carbocycles. The summed E-state index contributed by atoms with van der Waals surface area (Å²) in [6.07, 6.45) is -3.35. The van der Waals surface area contributed by atoms with Crippen LogP contribution in [0.3, 0.4) is 0 Å². The van der Waals surface area contributed by atoms with Gasteiger partial charge in [0.05, 0.1) is 6.10 Å². The van der Waals surface area contributed by atoms with Gasteiger partial charge in [-0.3, -0.25) is 0 Å². The van der Waals surface area contributed by atoms with Gasteiger partial charge in [0.2, 0.25) is 0 Å². The van der Waals surface area contributed by atoms with Gasteiger partial charge in [0.15, 0.2) is 6.29 Å². The van der Waals surface area contributed by atoms with E-state index in [0.29, 0.717) is 6.29 Å². The van der Waals surface area contributed by atoms with Crippen molar-refractivity contribution in [2.75, 3.05) is 14.2 Å². The summed E-state index contributed by atoms with van der Waals surface area (Å²) in [4.78, 5) is 10.4. The highest BCUT2D eigenvalue weighted by molar-refractivity contribution is 5.57. The minimum atomic E-state index is -1.16. The van der Waals surface area contributed by atoms with Gasteiger partial charge in [-0.15, -0.1) is 0 Å². The smallest absolute Gasteiger partial charge is 0.151 e. The molecule has 0 radical (unpaired) electrons. The minimum absolute atomic E-state index is 0.471. The lowest BCUT2D eigenvalue weighted by Gasteiger charge is -2.26. The molecule has 0 aliphatic heterocycles. The molecule has 0 aromatic heterocycles. The molecular formula is C8H16O5. The zero-order chi connectivity index (χ0) is 10.4. The molecule has 0 heterocycles. The molecule has 0 spiro atoms. The van der Waals surface area contributed by atoms with Crippen molar-refractivity contribution in [3.05, 3.63) is 0 Å². The van der Waals surface area contributed by atoms with Crippen molar-refractivity contribution in [1.82, 2.24) is 0 Å². The van der Waals surface area contributed by atoms with Crippen LogP contribution in [0.1, 0.15) is 6.92 Å². The van der Waals surface area contributed by atoms with E-state index in [1.54, 1.807) is 0 Å². The van der Waals surface area contributed by atoms with Gasteiger partial charge in [-0.05, 0) is 6.92 Å². The van der Waals surface area contributed by atoms with Gasteiger partial charge in [0.1, 0.15) is 18.3 Å². The van der Waals surface area contributed by atoms with Crippen LogP contribution < -0.4 is 0 Å². The summed E-state index contributed by atoms with van der Waals surface area (Å²) in [5, 5.41) is 18.7. The van der Waals surface area contributed by atoms with E-state index in [2.05, 4.69) is 4.74 Å². The Morgan fingerprint density at radius 1 is 1.23 bits per heavy atom. The molecular weight excluding hydrogens is 176 g/mol. The van der Waals surface area contributed by atoms with Gasteiger partial charge < -0.3 is 24.5 Å². The molecule has 0 aromatic rings. The third-order valence-electron chi connectivity index (χ3n) is 1.83. The first-order valence-corrected chi connectivity index (χ1v) is 3.95. The molecule has 13 heavy (non-hydrogen) atoms. The highest BCUT2D eigenvalue weighted by atomic mass is 16.5. The van der Waals surface area contributed by atoms with Crippen LogP contribution in [0.5, 0.6) is 0 Å². The van der Waals surface area contributed by atoms with Gasteiger partial charge in [-0.2, -0.15) is 0 Å². The fourth-order valence-corrected chi connectivity index (χ4v) is 1.08. The monoisotopic (exact) mass is 192 g/mol. The summed E-state index contributed by atoms with van der Waals surface area (Å²) in [6.45, 7) is 1.47. The Morgan fingerprint density at radius 2 is 1.77 bits per heavy atom. The van der Waals surface area contributed by atoms with Crippen LogP contribution in [-0.2, 0) is 14.3 Å². The van der Waals surface area contributed by atoms with Crippen molar-refractivity contribution in [2.45, 2.75) is 31.3 Å². The van der Waals surface area contributed by atoms with Crippen LogP contribution in [0, 0.1) is 0 Å². The molecule has 4 atom stereocenters. The first-order valence-electron chi connectivity index (χ1n) is 3.95. The van der Waals surface area contributed by atoms with Crippen LogP contribution in [0.15, 0.2) is 0 Å². The number of aliphatic hydroxyl groups is 2. The molecule has 0 aliphatic rings. The van der Waals surface area contributed by atoms with Gasteiger partial charge in [-0.1, -0.05) is 0 Å². The summed E-state index contributed by atoms with van der Waals surface area (Å²) in [7, 11) is 2.65. The lowest BCUT2D eigenvalue weighted by Crippen LogP contribution is -2.46. The summed E-state index contributed by atoms with van der Waals surface area (Å²) in [5.74, 6) is 0. The molecule has 0 aliphatic carbocycles. The van der Waals surface area contributed by atoms with E-state index < -0.39 is 24.4 Å². The van der Waals surface area contributed by atoms with Gasteiger partial charge in [-0.25, -0.2) is 0 Å². The fourth-order valence-electron chi connectivity index (χ4n) is 1.08. The SMILES string of the molecule is CO[C@H]([C@@H](O)[C@H](C=O)OC)[C@H](C)O. The summed E-state index contributed by atoms with van der Waals surface area (Å²) >= 11 is 0. The number of carbonyl (C=O) groups is 1. The number of carbonyl (C=O) groups excluding carboxylic acids is 1. The Balaban J connectivity index is 4.33. The molecule has 2 N–H and O–H groups in total. The van der Waals surface area contributed by atoms with Gasteiger partial charge in [0.25, 0.3) is 0 Å². The predicted octanol–water partition coefficient (Wildman–Crippen LogP) is -1.04. The largest absolute Gasteiger partial charge is 0.391 e. The molecule has 0 unspecified atom stereocenters. The highest BCUT2D eigenvalue weighted by Crippen LogP contribution is 2.09. The first kappa shape index (κ1) is 12.5. The van der Waals surface area contributed by atoms with E-state index in [1.807, 2.05) is 0 Å². The van der Waals surface area contributed by atoms with Crippen molar-refractivity contribution in [2.24, 2.45) is 0 Å². The van der Waals surface area contributed by atoms with Crippen molar-refractivity contribution < 1.29 is 24.5 Å². The van der Waals surface area contributed by atoms with Crippen LogP contribution in [0.25, 0.3) is 0 Å². The third-order valence-corrected chi connectivity index (χ3v) is 1.83. The molecule has 5 nitrogen and oxygen atoms in total. The van der Waals surface area contributed by atoms with E-state index in [1.165, 1.54) is 21.1 Å². The van der Waals surface area contributed by atoms with Crippen LogP contribution in [0.4, 0.5) is 0 Å². The van der Waals surface area contributed by atoms with E-state index in [4.69, 9.17) is 9.84 Å². The van der Waals surface area contributed by atoms with Gasteiger partial charge >= 0.3 is 0 Å². The number of aliphatic hydroxyl groups excluding tert-OH is 2. The predicted molar refractivity (Wildman–Crippen MR) is 45.3 cm³/mol. The third kappa shape index (κ3) is 3.40. The normalized spacial score (nSPS) is 20.4. The summed E-state index contributed by atoms with van der Waals surface area (Å²) in [5.41, 5.74) is 0. The Morgan fingerprint density at radius 3 is 2.00 bits per heavy atom. The Kier molecular flexibility index (Phi) is 5.81. The fraction of sp³-hybridized carbons (Fsp3) is 0.875. The second kappa shape index (κ2) is 6.04. The lowest BCUT2D eigenvalue weighted by molar-refractivity contribution is -0.141. The number of methoxy groups -OCH3 is 2. The van der Waals surface area contributed by atoms with E-state index in [9.17, 15) is 9.90 Å². The summed E-state index contributed by atoms with van der Waals surface area (Å²) < 4.78 is 9.50. The van der Waals surface area contributed by atoms with E-state index >= 15 is 0 Å². The van der Waals surface area contributed by atoms with Crippen molar-refractivity contribution in [1.29, 1.82) is 0 Å². The van der Waals surface area contributed by atoms with Crippen LogP contribution >= 0.6 is 0 Å². The van der Waals surface area contributed by atoms with E-state index in [0.717, 1.165) is 0 Å². The van der Waals surface area contributed by atoms with Crippen molar-refractivity contribution in [3.63, 3.8) is 0 Å². The minimum Gasteiger partial charge on any atom is -0.391 e. The average Bonchev–Trinajstić information content (AvgIpc) is 2.07. The zero-order valence-corrected chi connectivity index (χ0v) is 8.01. The lowest BCUT2D eigenvalue weighted by atomic mass is 10.0. The maximum Gasteiger partial charge on any atom is 0.151 e. The molecule has 0 saturated heterocycles. The molecule has 0 rings (SSSR count). The Hall–Kier alpha value is -0.490. The Labute approximate surface area is 77.3 Å². The van der Waals surface area contributed by atoms with Crippen LogP contribution in [-0.4, -0.2) is 55.1 Å². The van der Waals surface area contributed by atoms with Crippen molar-refractivity contribution >= 4 is 6.29 Å². The molecule has 0 fully saturated rings. The molecule has 0 amide bonds. The zero-order valence-electron chi connectivity index (χ0n) is 8.01. The van der Waals surface area contributed by atoms with Gasteiger partial charge in [0, 0.05) is 14.2 Å². The molecule has 0 bridgehead atoms. The number of hydrogen-bond donors (Lipinski definition) is 2. The number of aldehydes is 1. The second-order valence-corrected chi connectivity index (χ2v) is 2.77. The number of ether oxygens (including phenoxy) is 2. The maximum absolute atomic E-state index is 10.4. The molecule has 0 aromatic carbocycles. The summed E-state index contributed by atoms with van der Waals surface area (Å²) in [6, 6.07) is 0. The molecule has 78 valence electrons. The number of hydrogen-bond acceptors (Lipinski definition) is 5. The second-order valence-electron chi connectivity index (χ2n) is 2.77. The quantitative estimate of drug-likeness (QED) is 0.525. The standard InChI is InChI=1S/C8H16O5/c1-5(10)8(13-3)7(11)6(4-9)12-2/h4-8,10-11H,1-3H3/t5-,6-,7-,8-/m0/s1. The first-order chi connectivity index (χ1) is 6.08. The maximum atomic E-state index is 10.4. The molecule has 5 heteroatoms. The Bertz CT molecular complexity index is 147. The van der Waals surface area contributed by atoms with E-state index in [-0.39, 0.29) is 0 Å². The van der Waals surface area contributed by atoms with Crippen molar-refractivity contribution in [3.8, 4) is 0 Å². The average molecular weight is 192 g/mol.